The van der Waals surface area contributed by atoms with Crippen molar-refractivity contribution in [1.29, 1.82) is 0 Å². The largest absolute Gasteiger partial charge is 0.396 e. The summed E-state index contributed by atoms with van der Waals surface area (Å²) in [6, 6.07) is 1.15. The van der Waals surface area contributed by atoms with Crippen LogP contribution in [-0.2, 0) is 0 Å². The van der Waals surface area contributed by atoms with Crippen LogP contribution in [0.1, 0.15) is 26.7 Å². The number of nitrogens with one attached hydrogen (secondary N) is 1. The van der Waals surface area contributed by atoms with Gasteiger partial charge >= 0.3 is 0 Å². The predicted octanol–water partition coefficient (Wildman–Crippen LogP) is 0.441. The second kappa shape index (κ2) is 5.58. The molecule has 78 valence electrons. The van der Waals surface area contributed by atoms with Crippen LogP contribution in [0.5, 0.6) is 0 Å². The summed E-state index contributed by atoms with van der Waals surface area (Å²) < 4.78 is 0. The molecule has 2 atom stereocenters. The molecular weight excluding hydrogens is 164 g/mol. The first-order chi connectivity index (χ1) is 6.29. The summed E-state index contributed by atoms with van der Waals surface area (Å²) in [5, 5.41) is 12.3. The van der Waals surface area contributed by atoms with Gasteiger partial charge in [-0.05, 0) is 26.3 Å². The molecule has 1 aliphatic rings. The zero-order chi connectivity index (χ0) is 9.68. The lowest BCUT2D eigenvalue weighted by atomic mass is 10.1. The molecule has 0 aromatic heterocycles. The molecule has 2 N–H and O–H groups in total. The van der Waals surface area contributed by atoms with Gasteiger partial charge in [-0.1, -0.05) is 6.92 Å². The van der Waals surface area contributed by atoms with E-state index in [9.17, 15) is 0 Å². The molecule has 0 aromatic carbocycles. The summed E-state index contributed by atoms with van der Waals surface area (Å²) in [6.07, 6.45) is 2.10. The van der Waals surface area contributed by atoms with Crippen LogP contribution in [0.4, 0.5) is 0 Å². The number of aliphatic hydroxyl groups excluding tert-OH is 1. The van der Waals surface area contributed by atoms with E-state index in [0.29, 0.717) is 18.7 Å². The number of rotatable bonds is 4. The summed E-state index contributed by atoms with van der Waals surface area (Å²) in [5.74, 6) is 0. The van der Waals surface area contributed by atoms with Gasteiger partial charge in [0.05, 0.1) is 0 Å². The Balaban J connectivity index is 2.46. The molecule has 0 saturated carbocycles. The highest BCUT2D eigenvalue weighted by Gasteiger charge is 2.25. The first-order valence-electron chi connectivity index (χ1n) is 5.37. The van der Waals surface area contributed by atoms with Crippen molar-refractivity contribution in [2.75, 3.05) is 26.2 Å². The Morgan fingerprint density at radius 3 is 2.85 bits per heavy atom. The summed E-state index contributed by atoms with van der Waals surface area (Å²) in [7, 11) is 0. The van der Waals surface area contributed by atoms with Crippen molar-refractivity contribution in [3.8, 4) is 0 Å². The first kappa shape index (κ1) is 11.0. The summed E-state index contributed by atoms with van der Waals surface area (Å²) in [4.78, 5) is 2.52. The maximum atomic E-state index is 8.94. The average molecular weight is 186 g/mol. The second-order valence-electron chi connectivity index (χ2n) is 3.91. The molecule has 0 radical (unpaired) electrons. The molecule has 0 spiro atoms. The zero-order valence-electron chi connectivity index (χ0n) is 8.79. The number of hydrogen-bond donors (Lipinski definition) is 2. The highest BCUT2D eigenvalue weighted by molar-refractivity contribution is 4.84. The fourth-order valence-electron chi connectivity index (χ4n) is 2.13. The minimum atomic E-state index is 0.305. The molecule has 0 amide bonds. The standard InChI is InChI=1S/C10H22N2O/c1-3-5-12-9(2)7-11-8-10(12)4-6-13/h9-11,13H,3-8H2,1-2H3. The maximum absolute atomic E-state index is 8.94. The Hall–Kier alpha value is -0.120. The van der Waals surface area contributed by atoms with Crippen molar-refractivity contribution in [1.82, 2.24) is 10.2 Å². The van der Waals surface area contributed by atoms with Gasteiger partial charge < -0.3 is 10.4 Å². The van der Waals surface area contributed by atoms with Crippen LogP contribution in [0.3, 0.4) is 0 Å². The number of piperazine rings is 1. The highest BCUT2D eigenvalue weighted by atomic mass is 16.3. The van der Waals surface area contributed by atoms with Crippen LogP contribution in [0.2, 0.25) is 0 Å². The number of hydrogen-bond acceptors (Lipinski definition) is 3. The Bertz CT molecular complexity index is 139. The van der Waals surface area contributed by atoms with E-state index in [1.807, 2.05) is 0 Å². The molecule has 3 nitrogen and oxygen atoms in total. The Morgan fingerprint density at radius 2 is 2.23 bits per heavy atom. The van der Waals surface area contributed by atoms with Crippen molar-refractivity contribution >= 4 is 0 Å². The molecule has 0 bridgehead atoms. The normalized spacial score (nSPS) is 30.7. The van der Waals surface area contributed by atoms with Gasteiger partial charge in [0.2, 0.25) is 0 Å². The third-order valence-corrected chi connectivity index (χ3v) is 2.80. The Labute approximate surface area is 81.1 Å². The fraction of sp³-hybridized carbons (Fsp3) is 1.00. The molecule has 0 aromatic rings. The smallest absolute Gasteiger partial charge is 0.0446 e. The van der Waals surface area contributed by atoms with Gasteiger partial charge in [0.1, 0.15) is 0 Å². The molecule has 2 unspecified atom stereocenters. The van der Waals surface area contributed by atoms with Gasteiger partial charge in [-0.25, -0.2) is 0 Å². The molecular formula is C10H22N2O. The van der Waals surface area contributed by atoms with Crippen LogP contribution in [-0.4, -0.2) is 48.3 Å². The van der Waals surface area contributed by atoms with Gasteiger partial charge in [-0.15, -0.1) is 0 Å². The Morgan fingerprint density at radius 1 is 1.46 bits per heavy atom. The van der Waals surface area contributed by atoms with Crippen LogP contribution >= 0.6 is 0 Å². The van der Waals surface area contributed by atoms with Crippen LogP contribution in [0.15, 0.2) is 0 Å². The van der Waals surface area contributed by atoms with Gasteiger partial charge in [-0.2, -0.15) is 0 Å². The Kier molecular flexibility index (Phi) is 4.70. The van der Waals surface area contributed by atoms with Crippen molar-refractivity contribution in [2.24, 2.45) is 0 Å². The van der Waals surface area contributed by atoms with Gasteiger partial charge in [-0.3, -0.25) is 4.90 Å². The third kappa shape index (κ3) is 2.93. The molecule has 3 heteroatoms. The van der Waals surface area contributed by atoms with E-state index in [1.54, 1.807) is 0 Å². The lowest BCUT2D eigenvalue weighted by Crippen LogP contribution is -2.56. The summed E-state index contributed by atoms with van der Waals surface area (Å²) >= 11 is 0. The number of aliphatic hydroxyl groups is 1. The molecule has 1 heterocycles. The highest BCUT2D eigenvalue weighted by Crippen LogP contribution is 2.12. The summed E-state index contributed by atoms with van der Waals surface area (Å²) in [5.41, 5.74) is 0. The van der Waals surface area contributed by atoms with E-state index in [4.69, 9.17) is 5.11 Å². The van der Waals surface area contributed by atoms with E-state index in [-0.39, 0.29) is 0 Å². The van der Waals surface area contributed by atoms with Gasteiger partial charge in [0, 0.05) is 31.8 Å². The van der Waals surface area contributed by atoms with Crippen LogP contribution in [0, 0.1) is 0 Å². The van der Waals surface area contributed by atoms with Crippen molar-refractivity contribution in [3.63, 3.8) is 0 Å². The second-order valence-corrected chi connectivity index (χ2v) is 3.91. The number of nitrogens with zero attached hydrogens (tertiary/aromatic N) is 1. The molecule has 1 fully saturated rings. The molecule has 0 aliphatic carbocycles. The molecule has 1 aliphatic heterocycles. The van der Waals surface area contributed by atoms with Crippen LogP contribution in [0.25, 0.3) is 0 Å². The minimum Gasteiger partial charge on any atom is -0.396 e. The van der Waals surface area contributed by atoms with E-state index in [0.717, 1.165) is 26.1 Å². The maximum Gasteiger partial charge on any atom is 0.0446 e. The van der Waals surface area contributed by atoms with Crippen molar-refractivity contribution in [2.45, 2.75) is 38.8 Å². The van der Waals surface area contributed by atoms with E-state index in [2.05, 4.69) is 24.1 Å². The third-order valence-electron chi connectivity index (χ3n) is 2.80. The predicted molar refractivity (Wildman–Crippen MR) is 54.8 cm³/mol. The van der Waals surface area contributed by atoms with Gasteiger partial charge in [0.15, 0.2) is 0 Å². The zero-order valence-corrected chi connectivity index (χ0v) is 8.79. The quantitative estimate of drug-likeness (QED) is 0.669. The van der Waals surface area contributed by atoms with Gasteiger partial charge in [0.25, 0.3) is 0 Å². The monoisotopic (exact) mass is 186 g/mol. The van der Waals surface area contributed by atoms with Crippen LogP contribution < -0.4 is 5.32 Å². The van der Waals surface area contributed by atoms with E-state index in [1.165, 1.54) is 6.42 Å². The molecule has 1 rings (SSSR count). The van der Waals surface area contributed by atoms with E-state index < -0.39 is 0 Å². The first-order valence-corrected chi connectivity index (χ1v) is 5.37. The molecule has 1 saturated heterocycles. The SMILES string of the molecule is CCCN1C(C)CNCC1CCO. The van der Waals surface area contributed by atoms with E-state index >= 15 is 0 Å². The van der Waals surface area contributed by atoms with Crippen molar-refractivity contribution < 1.29 is 5.11 Å². The van der Waals surface area contributed by atoms with Crippen molar-refractivity contribution in [3.05, 3.63) is 0 Å². The summed E-state index contributed by atoms with van der Waals surface area (Å²) in [6.45, 7) is 8.05. The lowest BCUT2D eigenvalue weighted by molar-refractivity contribution is 0.0865. The average Bonchev–Trinajstić information content (AvgIpc) is 2.11. The lowest BCUT2D eigenvalue weighted by Gasteiger charge is -2.40. The topological polar surface area (TPSA) is 35.5 Å². The fourth-order valence-corrected chi connectivity index (χ4v) is 2.13. The minimum absolute atomic E-state index is 0.305. The molecule has 13 heavy (non-hydrogen) atoms.